The summed E-state index contributed by atoms with van der Waals surface area (Å²) in [6, 6.07) is 14.4. The molecule has 3 nitrogen and oxygen atoms in total. The third-order valence-corrected chi connectivity index (χ3v) is 3.67. The van der Waals surface area contributed by atoms with E-state index in [1.807, 2.05) is 18.2 Å². The first-order valence-corrected chi connectivity index (χ1v) is 7.51. The van der Waals surface area contributed by atoms with Crippen molar-refractivity contribution < 1.29 is 9.47 Å². The van der Waals surface area contributed by atoms with Crippen molar-refractivity contribution in [2.75, 3.05) is 18.5 Å². The standard InChI is InChI=1S/C18H21NO2/c1-3-11-20-15-9-7-14(8-10-15)17-12-19-16-6-4-5-13(2)18(16)21-17/h4-10,17,19H,3,11-12H2,1-2H3. The van der Waals surface area contributed by atoms with Gasteiger partial charge in [-0.1, -0.05) is 31.2 Å². The fraction of sp³-hybridized carbons (Fsp3) is 0.333. The lowest BCUT2D eigenvalue weighted by Gasteiger charge is -2.29. The molecule has 0 bridgehead atoms. The van der Waals surface area contributed by atoms with Crippen molar-refractivity contribution in [2.45, 2.75) is 26.4 Å². The second kappa shape index (κ2) is 6.08. The average Bonchev–Trinajstić information content (AvgIpc) is 2.54. The summed E-state index contributed by atoms with van der Waals surface area (Å²) in [7, 11) is 0. The molecule has 1 heterocycles. The highest BCUT2D eigenvalue weighted by Crippen LogP contribution is 2.36. The van der Waals surface area contributed by atoms with Gasteiger partial charge in [-0.3, -0.25) is 0 Å². The molecule has 0 aromatic heterocycles. The van der Waals surface area contributed by atoms with E-state index in [2.05, 4.69) is 43.4 Å². The number of aryl methyl sites for hydroxylation is 1. The van der Waals surface area contributed by atoms with Crippen molar-refractivity contribution in [3.8, 4) is 11.5 Å². The smallest absolute Gasteiger partial charge is 0.146 e. The maximum absolute atomic E-state index is 6.17. The molecule has 3 heteroatoms. The van der Waals surface area contributed by atoms with Gasteiger partial charge in [0, 0.05) is 0 Å². The number of hydrogen-bond acceptors (Lipinski definition) is 3. The average molecular weight is 283 g/mol. The van der Waals surface area contributed by atoms with Gasteiger partial charge in [0.05, 0.1) is 18.8 Å². The Hall–Kier alpha value is -2.16. The summed E-state index contributed by atoms with van der Waals surface area (Å²) in [5.41, 5.74) is 3.40. The lowest BCUT2D eigenvalue weighted by molar-refractivity contribution is 0.209. The number of nitrogens with one attached hydrogen (secondary N) is 1. The molecule has 1 aliphatic heterocycles. The molecule has 21 heavy (non-hydrogen) atoms. The lowest BCUT2D eigenvalue weighted by Crippen LogP contribution is -2.24. The van der Waals surface area contributed by atoms with Gasteiger partial charge in [0.2, 0.25) is 0 Å². The molecule has 110 valence electrons. The molecule has 3 rings (SSSR count). The van der Waals surface area contributed by atoms with Crippen molar-refractivity contribution >= 4 is 5.69 Å². The Kier molecular flexibility index (Phi) is 4.00. The molecule has 0 aliphatic carbocycles. The maximum Gasteiger partial charge on any atom is 0.146 e. The van der Waals surface area contributed by atoms with Gasteiger partial charge >= 0.3 is 0 Å². The van der Waals surface area contributed by atoms with E-state index in [1.165, 1.54) is 5.56 Å². The van der Waals surface area contributed by atoms with Crippen LogP contribution < -0.4 is 14.8 Å². The predicted molar refractivity (Wildman–Crippen MR) is 85.3 cm³/mol. The first-order chi connectivity index (χ1) is 10.3. The third-order valence-electron chi connectivity index (χ3n) is 3.67. The molecule has 0 spiro atoms. The summed E-state index contributed by atoms with van der Waals surface area (Å²) >= 11 is 0. The normalized spacial score (nSPS) is 16.6. The number of fused-ring (bicyclic) bond motifs is 1. The van der Waals surface area contributed by atoms with E-state index < -0.39 is 0 Å². The van der Waals surface area contributed by atoms with Crippen LogP contribution >= 0.6 is 0 Å². The van der Waals surface area contributed by atoms with Gasteiger partial charge in [-0.2, -0.15) is 0 Å². The van der Waals surface area contributed by atoms with Crippen LogP contribution in [0.1, 0.15) is 30.6 Å². The van der Waals surface area contributed by atoms with E-state index in [4.69, 9.17) is 9.47 Å². The second-order valence-corrected chi connectivity index (χ2v) is 5.36. The summed E-state index contributed by atoms with van der Waals surface area (Å²) in [4.78, 5) is 0. The van der Waals surface area contributed by atoms with Crippen molar-refractivity contribution in [1.29, 1.82) is 0 Å². The van der Waals surface area contributed by atoms with Gasteiger partial charge in [-0.05, 0) is 42.7 Å². The molecule has 1 atom stereocenters. The quantitative estimate of drug-likeness (QED) is 0.906. The molecule has 1 unspecified atom stereocenters. The number of para-hydroxylation sites is 1. The molecular weight excluding hydrogens is 262 g/mol. The number of anilines is 1. The van der Waals surface area contributed by atoms with Crippen molar-refractivity contribution in [2.24, 2.45) is 0 Å². The minimum atomic E-state index is 0.0406. The zero-order valence-electron chi connectivity index (χ0n) is 12.6. The summed E-state index contributed by atoms with van der Waals surface area (Å²) in [6.45, 7) is 5.72. The van der Waals surface area contributed by atoms with Gasteiger partial charge in [0.25, 0.3) is 0 Å². The van der Waals surface area contributed by atoms with Crippen molar-refractivity contribution in [1.82, 2.24) is 0 Å². The summed E-state index contributed by atoms with van der Waals surface area (Å²) < 4.78 is 11.8. The van der Waals surface area contributed by atoms with Crippen LogP contribution in [0.2, 0.25) is 0 Å². The van der Waals surface area contributed by atoms with Crippen LogP contribution in [-0.2, 0) is 0 Å². The molecular formula is C18H21NO2. The van der Waals surface area contributed by atoms with Crippen LogP contribution in [0, 0.1) is 6.92 Å². The third kappa shape index (κ3) is 2.97. The Morgan fingerprint density at radius 3 is 2.76 bits per heavy atom. The monoisotopic (exact) mass is 283 g/mol. The van der Waals surface area contributed by atoms with Gasteiger partial charge in [0.15, 0.2) is 0 Å². The summed E-state index contributed by atoms with van der Waals surface area (Å²) in [5.74, 6) is 1.88. The van der Waals surface area contributed by atoms with E-state index in [0.717, 1.165) is 42.3 Å². The molecule has 0 fully saturated rings. The van der Waals surface area contributed by atoms with Crippen LogP contribution in [0.3, 0.4) is 0 Å². The summed E-state index contributed by atoms with van der Waals surface area (Å²) in [5, 5.41) is 3.44. The Bertz CT molecular complexity index is 607. The number of rotatable bonds is 4. The van der Waals surface area contributed by atoms with Gasteiger partial charge < -0.3 is 14.8 Å². The molecule has 0 amide bonds. The maximum atomic E-state index is 6.17. The van der Waals surface area contributed by atoms with Gasteiger partial charge in [-0.15, -0.1) is 0 Å². The number of benzene rings is 2. The molecule has 2 aromatic rings. The molecule has 1 N–H and O–H groups in total. The van der Waals surface area contributed by atoms with E-state index in [9.17, 15) is 0 Å². The van der Waals surface area contributed by atoms with Gasteiger partial charge in [-0.25, -0.2) is 0 Å². The Morgan fingerprint density at radius 2 is 2.00 bits per heavy atom. The largest absolute Gasteiger partial charge is 0.494 e. The van der Waals surface area contributed by atoms with E-state index >= 15 is 0 Å². The molecule has 0 saturated carbocycles. The Labute approximate surface area is 125 Å². The Morgan fingerprint density at radius 1 is 1.19 bits per heavy atom. The lowest BCUT2D eigenvalue weighted by atomic mass is 10.1. The first-order valence-electron chi connectivity index (χ1n) is 7.51. The highest BCUT2D eigenvalue weighted by molar-refractivity contribution is 5.61. The Balaban J connectivity index is 1.75. The molecule has 0 radical (unpaired) electrons. The zero-order chi connectivity index (χ0) is 14.7. The van der Waals surface area contributed by atoms with Crippen LogP contribution in [0.25, 0.3) is 0 Å². The zero-order valence-corrected chi connectivity index (χ0v) is 12.6. The minimum Gasteiger partial charge on any atom is -0.494 e. The van der Waals surface area contributed by atoms with Crippen molar-refractivity contribution in [3.05, 3.63) is 53.6 Å². The van der Waals surface area contributed by atoms with Gasteiger partial charge in [0.1, 0.15) is 17.6 Å². The van der Waals surface area contributed by atoms with Crippen LogP contribution in [0.5, 0.6) is 11.5 Å². The van der Waals surface area contributed by atoms with Crippen LogP contribution in [0.15, 0.2) is 42.5 Å². The van der Waals surface area contributed by atoms with Crippen molar-refractivity contribution in [3.63, 3.8) is 0 Å². The second-order valence-electron chi connectivity index (χ2n) is 5.36. The highest BCUT2D eigenvalue weighted by atomic mass is 16.5. The van der Waals surface area contributed by atoms with E-state index in [-0.39, 0.29) is 6.10 Å². The molecule has 0 saturated heterocycles. The predicted octanol–water partition coefficient (Wildman–Crippen LogP) is 4.33. The SMILES string of the molecule is CCCOc1ccc(C2CNc3cccc(C)c3O2)cc1. The van der Waals surface area contributed by atoms with E-state index in [1.54, 1.807) is 0 Å². The number of ether oxygens (including phenoxy) is 2. The highest BCUT2D eigenvalue weighted by Gasteiger charge is 2.21. The first kappa shape index (κ1) is 13.8. The van der Waals surface area contributed by atoms with Crippen LogP contribution in [-0.4, -0.2) is 13.2 Å². The topological polar surface area (TPSA) is 30.5 Å². The number of hydrogen-bond donors (Lipinski definition) is 1. The molecule has 2 aromatic carbocycles. The van der Waals surface area contributed by atoms with Crippen LogP contribution in [0.4, 0.5) is 5.69 Å². The molecule has 1 aliphatic rings. The summed E-state index contributed by atoms with van der Waals surface area (Å²) in [6.07, 6.45) is 1.06. The fourth-order valence-electron chi connectivity index (χ4n) is 2.52. The fourth-order valence-corrected chi connectivity index (χ4v) is 2.52. The minimum absolute atomic E-state index is 0.0406. The van der Waals surface area contributed by atoms with E-state index in [0.29, 0.717) is 0 Å².